The quantitative estimate of drug-likeness (QED) is 0.477. The molecule has 10 heteroatoms. The number of aliphatic imine (C=N–C) groups is 1. The van der Waals surface area contributed by atoms with Gasteiger partial charge in [-0.2, -0.15) is 0 Å². The number of nitrogens with one attached hydrogen (secondary N) is 1. The molecule has 1 aliphatic heterocycles. The summed E-state index contributed by atoms with van der Waals surface area (Å²) < 4.78 is 47.8. The molecule has 1 aliphatic rings. The van der Waals surface area contributed by atoms with Crippen LogP contribution in [0.1, 0.15) is 35.5 Å². The van der Waals surface area contributed by atoms with Crippen molar-refractivity contribution in [3.63, 3.8) is 0 Å². The average Bonchev–Trinajstić information content (AvgIpc) is 3.35. The summed E-state index contributed by atoms with van der Waals surface area (Å²) in [5.74, 6) is -0.644. The zero-order valence-electron chi connectivity index (χ0n) is 18.4. The summed E-state index contributed by atoms with van der Waals surface area (Å²) in [6.45, 7) is 5.01. The second kappa shape index (κ2) is 9.15. The third-order valence-electron chi connectivity index (χ3n) is 5.41. The Morgan fingerprint density at radius 3 is 2.53 bits per heavy atom. The average molecular weight is 502 g/mol. The summed E-state index contributed by atoms with van der Waals surface area (Å²) >= 11 is 6.01. The van der Waals surface area contributed by atoms with Gasteiger partial charge in [0, 0.05) is 11.8 Å². The highest BCUT2D eigenvalue weighted by molar-refractivity contribution is 7.92. The minimum atomic E-state index is -4.09. The lowest BCUT2D eigenvalue weighted by atomic mass is 9.84. The van der Waals surface area contributed by atoms with Crippen molar-refractivity contribution in [2.24, 2.45) is 4.99 Å². The number of ether oxygens (including phenoxy) is 1. The van der Waals surface area contributed by atoms with Gasteiger partial charge in [-0.3, -0.25) is 14.5 Å². The highest BCUT2D eigenvalue weighted by Gasteiger charge is 2.31. The van der Waals surface area contributed by atoms with Crippen LogP contribution in [0.15, 0.2) is 70.7 Å². The molecule has 0 saturated carbocycles. The van der Waals surface area contributed by atoms with Crippen LogP contribution >= 0.6 is 11.6 Å². The van der Waals surface area contributed by atoms with Gasteiger partial charge >= 0.3 is 0 Å². The number of carbonyl (C=O) groups excluding carboxylic acids is 1. The number of hydrogen-bond donors (Lipinski definition) is 1. The van der Waals surface area contributed by atoms with Gasteiger partial charge in [-0.15, -0.1) is 0 Å². The Labute approximate surface area is 201 Å². The number of benzene rings is 2. The van der Waals surface area contributed by atoms with Gasteiger partial charge in [0.2, 0.25) is 5.78 Å². The number of sulfonamides is 1. The first-order valence-corrected chi connectivity index (χ1v) is 12.2. The van der Waals surface area contributed by atoms with Crippen molar-refractivity contribution in [2.75, 3.05) is 17.9 Å². The normalized spacial score (nSPS) is 13.8. The van der Waals surface area contributed by atoms with Crippen molar-refractivity contribution in [3.8, 4) is 0 Å². The van der Waals surface area contributed by atoms with Crippen molar-refractivity contribution < 1.29 is 22.3 Å². The van der Waals surface area contributed by atoms with Crippen LogP contribution in [0, 0.1) is 5.82 Å². The second-order valence-electron chi connectivity index (χ2n) is 8.18. The van der Waals surface area contributed by atoms with Crippen LogP contribution in [-0.4, -0.2) is 38.2 Å². The van der Waals surface area contributed by atoms with Gasteiger partial charge in [-0.25, -0.2) is 17.8 Å². The maximum atomic E-state index is 13.6. The van der Waals surface area contributed by atoms with Gasteiger partial charge in [0.25, 0.3) is 10.0 Å². The third kappa shape index (κ3) is 4.80. The summed E-state index contributed by atoms with van der Waals surface area (Å²) in [6, 6.07) is 12.6. The summed E-state index contributed by atoms with van der Waals surface area (Å²) in [6.07, 6.45) is 1.22. The van der Waals surface area contributed by atoms with E-state index in [9.17, 15) is 17.6 Å². The molecule has 34 heavy (non-hydrogen) atoms. The monoisotopic (exact) mass is 501 g/mol. The highest BCUT2D eigenvalue weighted by Crippen LogP contribution is 2.29. The molecule has 0 amide bonds. The molecule has 0 saturated heterocycles. The van der Waals surface area contributed by atoms with Crippen LogP contribution in [-0.2, 0) is 20.2 Å². The number of rotatable bonds is 7. The van der Waals surface area contributed by atoms with E-state index in [0.717, 1.165) is 11.6 Å². The SMILES string of the molecule is CC(C)(C1=NCCO1)c1ccc(S(=O)(=O)Nc2cc(Cl)cnc2C(=O)c2cccc(F)c2)cc1. The lowest BCUT2D eigenvalue weighted by Gasteiger charge is -2.24. The number of hydrogen-bond acceptors (Lipinski definition) is 6. The maximum absolute atomic E-state index is 13.6. The van der Waals surface area contributed by atoms with E-state index in [0.29, 0.717) is 19.0 Å². The summed E-state index contributed by atoms with van der Waals surface area (Å²) in [5.41, 5.74) is 0.0261. The summed E-state index contributed by atoms with van der Waals surface area (Å²) in [7, 11) is -4.09. The van der Waals surface area contributed by atoms with Crippen molar-refractivity contribution in [2.45, 2.75) is 24.2 Å². The van der Waals surface area contributed by atoms with Gasteiger partial charge in [0.1, 0.15) is 18.1 Å². The molecule has 1 N–H and O–H groups in total. The van der Waals surface area contributed by atoms with Crippen LogP contribution in [0.2, 0.25) is 5.02 Å². The van der Waals surface area contributed by atoms with E-state index in [1.807, 2.05) is 13.8 Å². The topological polar surface area (TPSA) is 97.7 Å². The fourth-order valence-corrected chi connectivity index (χ4v) is 4.77. The van der Waals surface area contributed by atoms with E-state index < -0.39 is 27.0 Å². The molecule has 0 atom stereocenters. The van der Waals surface area contributed by atoms with Crippen LogP contribution in [0.4, 0.5) is 10.1 Å². The summed E-state index contributed by atoms with van der Waals surface area (Å²) in [4.78, 5) is 21.2. The number of ketones is 1. The first kappa shape index (κ1) is 23.8. The van der Waals surface area contributed by atoms with Crippen molar-refractivity contribution >= 4 is 39.0 Å². The standard InChI is InChI=1S/C24H21ClFN3O4S/c1-24(2,23-27-10-11-33-23)16-6-8-19(9-7-16)34(31,32)29-20-13-17(25)14-28-21(20)22(30)15-4-3-5-18(26)12-15/h3-9,12-14,29H,10-11H2,1-2H3. The Bertz CT molecular complexity index is 1390. The smallest absolute Gasteiger partial charge is 0.261 e. The molecule has 0 bridgehead atoms. The first-order valence-electron chi connectivity index (χ1n) is 10.3. The fourth-order valence-electron chi connectivity index (χ4n) is 3.56. The molecule has 2 heterocycles. The van der Waals surface area contributed by atoms with E-state index in [2.05, 4.69) is 14.7 Å². The summed E-state index contributed by atoms with van der Waals surface area (Å²) in [5, 5.41) is 0.128. The Morgan fingerprint density at radius 1 is 1.15 bits per heavy atom. The lowest BCUT2D eigenvalue weighted by molar-refractivity contribution is 0.103. The van der Waals surface area contributed by atoms with E-state index in [4.69, 9.17) is 16.3 Å². The molecule has 7 nitrogen and oxygen atoms in total. The Balaban J connectivity index is 1.64. The molecular weight excluding hydrogens is 481 g/mol. The molecule has 1 aromatic heterocycles. The molecule has 0 spiro atoms. The molecule has 0 fully saturated rings. The first-order chi connectivity index (χ1) is 16.1. The number of halogens is 2. The molecular formula is C24H21ClFN3O4S. The minimum absolute atomic E-state index is 0.0227. The Morgan fingerprint density at radius 2 is 1.88 bits per heavy atom. The van der Waals surface area contributed by atoms with Crippen molar-refractivity contribution in [1.29, 1.82) is 0 Å². The number of nitrogens with zero attached hydrogens (tertiary/aromatic N) is 2. The number of anilines is 1. The molecule has 0 unspecified atom stereocenters. The second-order valence-corrected chi connectivity index (χ2v) is 10.3. The van der Waals surface area contributed by atoms with Crippen LogP contribution < -0.4 is 4.72 Å². The van der Waals surface area contributed by atoms with Gasteiger partial charge in [-0.1, -0.05) is 35.9 Å². The minimum Gasteiger partial charge on any atom is -0.478 e. The number of pyridine rings is 1. The van der Waals surface area contributed by atoms with Gasteiger partial charge in [-0.05, 0) is 49.7 Å². The van der Waals surface area contributed by atoms with E-state index in [1.54, 1.807) is 12.1 Å². The van der Waals surface area contributed by atoms with Crippen LogP contribution in [0.25, 0.3) is 0 Å². The Kier molecular flexibility index (Phi) is 6.42. The third-order valence-corrected chi connectivity index (χ3v) is 7.00. The zero-order valence-corrected chi connectivity index (χ0v) is 20.0. The zero-order chi connectivity index (χ0) is 24.5. The highest BCUT2D eigenvalue weighted by atomic mass is 35.5. The van der Waals surface area contributed by atoms with Crippen LogP contribution in [0.5, 0.6) is 0 Å². The Hall–Kier alpha value is -3.30. The van der Waals surface area contributed by atoms with Crippen molar-refractivity contribution in [1.82, 2.24) is 4.98 Å². The van der Waals surface area contributed by atoms with E-state index in [1.165, 1.54) is 42.6 Å². The molecule has 4 rings (SSSR count). The molecule has 3 aromatic rings. The maximum Gasteiger partial charge on any atom is 0.261 e. The van der Waals surface area contributed by atoms with Gasteiger partial charge in [0.05, 0.1) is 27.6 Å². The largest absolute Gasteiger partial charge is 0.478 e. The van der Waals surface area contributed by atoms with E-state index in [-0.39, 0.29) is 26.9 Å². The predicted octanol–water partition coefficient (Wildman–Crippen LogP) is 4.61. The number of carbonyl (C=O) groups is 1. The molecule has 176 valence electrons. The molecule has 0 radical (unpaired) electrons. The fraction of sp³-hybridized carbons (Fsp3) is 0.208. The van der Waals surface area contributed by atoms with Crippen molar-refractivity contribution in [3.05, 3.63) is 88.5 Å². The molecule has 2 aromatic carbocycles. The van der Waals surface area contributed by atoms with E-state index >= 15 is 0 Å². The lowest BCUT2D eigenvalue weighted by Crippen LogP contribution is -2.29. The van der Waals surface area contributed by atoms with Gasteiger partial charge in [0.15, 0.2) is 5.90 Å². The molecule has 0 aliphatic carbocycles. The predicted molar refractivity (Wildman–Crippen MR) is 128 cm³/mol. The van der Waals surface area contributed by atoms with Crippen LogP contribution in [0.3, 0.4) is 0 Å². The number of aromatic nitrogens is 1. The van der Waals surface area contributed by atoms with Gasteiger partial charge < -0.3 is 4.74 Å².